The van der Waals surface area contributed by atoms with Gasteiger partial charge in [-0.1, -0.05) is 91.3 Å². The lowest BCUT2D eigenvalue weighted by Gasteiger charge is -2.38. The molecule has 0 aromatic heterocycles. The second-order valence-electron chi connectivity index (χ2n) is 14.1. The van der Waals surface area contributed by atoms with Gasteiger partial charge in [0.25, 0.3) is 0 Å². The van der Waals surface area contributed by atoms with Crippen LogP contribution in [0.2, 0.25) is 0 Å². The maximum Gasteiger partial charge on any atom is 0.224 e. The lowest BCUT2D eigenvalue weighted by molar-refractivity contribution is -0.253. The van der Waals surface area contributed by atoms with Crippen molar-refractivity contribution in [3.05, 3.63) is 119 Å². The van der Waals surface area contributed by atoms with Gasteiger partial charge in [0, 0.05) is 44.0 Å². The standard InChI is InChI=1S/C43H52N4O6/c44-38-12-6-7-13-39(38)46-42(51)15-3-1-2-14-41(50)45-26-34-9-4-5-11-37(34)31-20-22-33(23-21-31)43-52-36(27-47-24-8-10-35(47)29-49)25-40(53-43)32-18-16-30(28-48)17-19-32/h4-7,9,11-13,16-23,35-36,40,43,48-49H,1-3,8,10,14-15,24-29,44H2,(H,45,50)(H,46,51)/t35-,36+,40-,43-/m0/s1. The number of likely N-dealkylation sites (tertiary alicyclic amines) is 1. The van der Waals surface area contributed by atoms with E-state index in [1.54, 1.807) is 12.1 Å². The van der Waals surface area contributed by atoms with Crippen LogP contribution in [0.4, 0.5) is 11.4 Å². The molecule has 2 heterocycles. The molecule has 2 amide bonds. The third-order valence-electron chi connectivity index (χ3n) is 10.3. The number of benzene rings is 4. The van der Waals surface area contributed by atoms with Crippen LogP contribution in [0, 0.1) is 0 Å². The zero-order valence-electron chi connectivity index (χ0n) is 30.3. The molecule has 10 heteroatoms. The Morgan fingerprint density at radius 1 is 0.811 bits per heavy atom. The zero-order chi connectivity index (χ0) is 37.0. The molecule has 0 bridgehead atoms. The van der Waals surface area contributed by atoms with Crippen LogP contribution >= 0.6 is 0 Å². The van der Waals surface area contributed by atoms with Crippen molar-refractivity contribution in [3.8, 4) is 11.1 Å². The largest absolute Gasteiger partial charge is 0.397 e. The van der Waals surface area contributed by atoms with Gasteiger partial charge in [-0.3, -0.25) is 14.5 Å². The molecule has 0 spiro atoms. The number of hydrogen-bond donors (Lipinski definition) is 5. The molecule has 0 unspecified atom stereocenters. The first-order chi connectivity index (χ1) is 25.9. The molecule has 2 fully saturated rings. The molecular weight excluding hydrogens is 668 g/mol. The van der Waals surface area contributed by atoms with E-state index < -0.39 is 6.29 Å². The van der Waals surface area contributed by atoms with Gasteiger partial charge in [-0.05, 0) is 72.2 Å². The van der Waals surface area contributed by atoms with Crippen molar-refractivity contribution in [2.45, 2.75) is 89.1 Å². The number of carbonyl (C=O) groups excluding carboxylic acids is 2. The van der Waals surface area contributed by atoms with Crippen LogP contribution < -0.4 is 16.4 Å². The summed E-state index contributed by atoms with van der Waals surface area (Å²) in [5, 5.41) is 25.4. The van der Waals surface area contributed by atoms with Crippen molar-refractivity contribution in [2.24, 2.45) is 0 Å². The van der Waals surface area contributed by atoms with Gasteiger partial charge in [0.2, 0.25) is 11.8 Å². The fourth-order valence-electron chi connectivity index (χ4n) is 7.27. The minimum absolute atomic E-state index is 0.00488. The predicted octanol–water partition coefficient (Wildman–Crippen LogP) is 6.64. The molecule has 4 aromatic carbocycles. The maximum atomic E-state index is 12.7. The van der Waals surface area contributed by atoms with E-state index in [1.165, 1.54) is 0 Å². The number of carbonyl (C=O) groups is 2. The molecule has 53 heavy (non-hydrogen) atoms. The van der Waals surface area contributed by atoms with E-state index in [1.807, 2.05) is 66.7 Å². The highest BCUT2D eigenvalue weighted by Gasteiger charge is 2.35. The molecule has 0 radical (unpaired) electrons. The van der Waals surface area contributed by atoms with Crippen LogP contribution in [0.5, 0.6) is 0 Å². The van der Waals surface area contributed by atoms with Gasteiger partial charge in [-0.15, -0.1) is 0 Å². The molecule has 4 atom stereocenters. The van der Waals surface area contributed by atoms with Crippen molar-refractivity contribution < 1.29 is 29.3 Å². The SMILES string of the molecule is Nc1ccccc1NC(=O)CCCCCC(=O)NCc1ccccc1-c1ccc([C@H]2O[C@@H](CN3CCC[C@H]3CO)C[C@@H](c3ccc(CO)cc3)O2)cc1. The summed E-state index contributed by atoms with van der Waals surface area (Å²) in [4.78, 5) is 27.3. The Labute approximate surface area is 312 Å². The fourth-order valence-corrected chi connectivity index (χ4v) is 7.27. The number of para-hydroxylation sites is 2. The smallest absolute Gasteiger partial charge is 0.224 e. The molecule has 2 saturated heterocycles. The van der Waals surface area contributed by atoms with Crippen LogP contribution in [0.1, 0.15) is 86.0 Å². The average Bonchev–Trinajstić information content (AvgIpc) is 3.65. The minimum atomic E-state index is -0.563. The Kier molecular flexibility index (Phi) is 13.6. The van der Waals surface area contributed by atoms with Crippen molar-refractivity contribution >= 4 is 23.2 Å². The van der Waals surface area contributed by atoms with Gasteiger partial charge in [0.05, 0.1) is 36.8 Å². The van der Waals surface area contributed by atoms with Gasteiger partial charge >= 0.3 is 0 Å². The lowest BCUT2D eigenvalue weighted by Crippen LogP contribution is -2.42. The van der Waals surface area contributed by atoms with Crippen molar-refractivity contribution in [2.75, 3.05) is 30.7 Å². The highest BCUT2D eigenvalue weighted by molar-refractivity contribution is 5.93. The summed E-state index contributed by atoms with van der Waals surface area (Å²) < 4.78 is 13.2. The zero-order valence-corrected chi connectivity index (χ0v) is 30.3. The van der Waals surface area contributed by atoms with Gasteiger partial charge < -0.3 is 36.1 Å². The number of rotatable bonds is 16. The summed E-state index contributed by atoms with van der Waals surface area (Å²) in [6.45, 7) is 2.24. The highest BCUT2D eigenvalue weighted by atomic mass is 16.7. The van der Waals surface area contributed by atoms with E-state index >= 15 is 0 Å². The number of hydrogen-bond acceptors (Lipinski definition) is 8. The van der Waals surface area contributed by atoms with Crippen molar-refractivity contribution in [1.82, 2.24) is 10.2 Å². The van der Waals surface area contributed by atoms with E-state index in [4.69, 9.17) is 15.2 Å². The number of ether oxygens (including phenoxy) is 2. The number of aliphatic hydroxyl groups is 2. The molecule has 280 valence electrons. The van der Waals surface area contributed by atoms with Gasteiger partial charge in [-0.25, -0.2) is 0 Å². The Hall–Kier alpha value is -4.58. The number of nitrogens with one attached hydrogen (secondary N) is 2. The van der Waals surface area contributed by atoms with Crippen molar-refractivity contribution in [3.63, 3.8) is 0 Å². The first-order valence-corrected chi connectivity index (χ1v) is 18.8. The Morgan fingerprint density at radius 2 is 1.53 bits per heavy atom. The molecule has 0 aliphatic carbocycles. The quantitative estimate of drug-likeness (QED) is 0.0640. The first-order valence-electron chi connectivity index (χ1n) is 18.8. The number of anilines is 2. The van der Waals surface area contributed by atoms with Crippen LogP contribution in [-0.2, 0) is 32.2 Å². The molecule has 2 aliphatic heterocycles. The number of nitrogen functional groups attached to an aromatic ring is 1. The van der Waals surface area contributed by atoms with E-state index in [-0.39, 0.29) is 43.3 Å². The van der Waals surface area contributed by atoms with Crippen LogP contribution in [0.15, 0.2) is 97.1 Å². The van der Waals surface area contributed by atoms with E-state index in [2.05, 4.69) is 33.7 Å². The number of unbranched alkanes of at least 4 members (excludes halogenated alkanes) is 2. The third kappa shape index (κ3) is 10.5. The van der Waals surface area contributed by atoms with E-state index in [9.17, 15) is 19.8 Å². The number of nitrogens with two attached hydrogens (primary N) is 1. The van der Waals surface area contributed by atoms with Crippen LogP contribution in [0.3, 0.4) is 0 Å². The summed E-state index contributed by atoms with van der Waals surface area (Å²) in [7, 11) is 0. The second kappa shape index (κ2) is 19.0. The predicted molar refractivity (Wildman–Crippen MR) is 206 cm³/mol. The fraction of sp³-hybridized carbons (Fsp3) is 0.395. The van der Waals surface area contributed by atoms with E-state index in [0.717, 1.165) is 65.7 Å². The Bertz CT molecular complexity index is 1780. The normalized spacial score (nSPS) is 20.3. The molecule has 0 saturated carbocycles. The minimum Gasteiger partial charge on any atom is -0.397 e. The van der Waals surface area contributed by atoms with Gasteiger partial charge in [0.15, 0.2) is 6.29 Å². The molecule has 6 rings (SSSR count). The summed E-state index contributed by atoms with van der Waals surface area (Å²) in [5.41, 5.74) is 13.0. The number of nitrogens with zero attached hydrogens (tertiary/aromatic N) is 1. The van der Waals surface area contributed by atoms with E-state index in [0.29, 0.717) is 50.0 Å². The van der Waals surface area contributed by atoms with Gasteiger partial charge in [-0.2, -0.15) is 0 Å². The summed E-state index contributed by atoms with van der Waals surface area (Å²) >= 11 is 0. The first kappa shape index (κ1) is 38.2. The number of aliphatic hydroxyl groups excluding tert-OH is 2. The molecule has 10 nitrogen and oxygen atoms in total. The lowest BCUT2D eigenvalue weighted by atomic mass is 9.97. The Morgan fingerprint density at radius 3 is 2.28 bits per heavy atom. The van der Waals surface area contributed by atoms with Crippen LogP contribution in [-0.4, -0.2) is 58.8 Å². The van der Waals surface area contributed by atoms with Crippen LogP contribution in [0.25, 0.3) is 11.1 Å². The second-order valence-corrected chi connectivity index (χ2v) is 14.1. The summed E-state index contributed by atoms with van der Waals surface area (Å²) in [5.74, 6) is -0.0959. The molecule has 6 N–H and O–H groups in total. The molecule has 2 aliphatic rings. The summed E-state index contributed by atoms with van der Waals surface area (Å²) in [6, 6.07) is 31.6. The number of amides is 2. The maximum absolute atomic E-state index is 12.7. The summed E-state index contributed by atoms with van der Waals surface area (Å²) in [6.07, 6.45) is 4.91. The Balaban J connectivity index is 1.03. The topological polar surface area (TPSA) is 146 Å². The van der Waals surface area contributed by atoms with Gasteiger partial charge in [0.1, 0.15) is 0 Å². The molecule has 4 aromatic rings. The molecular formula is C43H52N4O6. The monoisotopic (exact) mass is 720 g/mol. The third-order valence-corrected chi connectivity index (χ3v) is 10.3. The average molecular weight is 721 g/mol. The highest BCUT2D eigenvalue weighted by Crippen LogP contribution is 2.39. The van der Waals surface area contributed by atoms with Crippen molar-refractivity contribution in [1.29, 1.82) is 0 Å².